The molecule has 0 aliphatic rings. The summed E-state index contributed by atoms with van der Waals surface area (Å²) < 4.78 is 9.88. The van der Waals surface area contributed by atoms with E-state index in [-0.39, 0.29) is 10.8 Å². The van der Waals surface area contributed by atoms with Gasteiger partial charge in [0.1, 0.15) is 10.9 Å². The van der Waals surface area contributed by atoms with Crippen molar-refractivity contribution in [1.82, 2.24) is 4.98 Å². The lowest BCUT2D eigenvalue weighted by Gasteiger charge is -2.08. The van der Waals surface area contributed by atoms with Crippen molar-refractivity contribution >= 4 is 28.3 Å². The van der Waals surface area contributed by atoms with Gasteiger partial charge in [0.2, 0.25) is 0 Å². The highest BCUT2D eigenvalue weighted by Gasteiger charge is 2.15. The van der Waals surface area contributed by atoms with Crippen molar-refractivity contribution in [2.75, 3.05) is 14.2 Å². The molecule has 0 fully saturated rings. The van der Waals surface area contributed by atoms with Crippen molar-refractivity contribution < 1.29 is 14.3 Å². The van der Waals surface area contributed by atoms with Crippen LogP contribution < -0.4 is 4.74 Å². The molecule has 0 aliphatic carbocycles. The number of nitrogens with zero attached hydrogens (tertiary/aromatic N) is 1. The summed E-state index contributed by atoms with van der Waals surface area (Å²) in [5.74, 6) is 0.114. The maximum Gasteiger partial charge on any atom is 0.357 e. The predicted molar refractivity (Wildman–Crippen MR) is 64.6 cm³/mol. The summed E-state index contributed by atoms with van der Waals surface area (Å²) in [6.07, 6.45) is 0. The van der Waals surface area contributed by atoms with Crippen LogP contribution in [0.4, 0.5) is 0 Å². The Hall–Kier alpha value is -1.81. The largest absolute Gasteiger partial charge is 0.496 e. The third kappa shape index (κ3) is 2.03. The number of esters is 1. The summed E-state index contributed by atoms with van der Waals surface area (Å²) in [5.41, 5.74) is 0.189. The van der Waals surface area contributed by atoms with E-state index in [4.69, 9.17) is 16.3 Å². The summed E-state index contributed by atoms with van der Waals surface area (Å²) in [7, 11) is 2.86. The number of aromatic nitrogens is 1. The Morgan fingerprint density at radius 2 is 2.06 bits per heavy atom. The number of ether oxygens (including phenoxy) is 2. The average Bonchev–Trinajstić information content (AvgIpc) is 2.36. The quantitative estimate of drug-likeness (QED) is 0.608. The summed E-state index contributed by atoms with van der Waals surface area (Å²) in [5, 5.41) is 1.61. The van der Waals surface area contributed by atoms with Crippen LogP contribution in [-0.2, 0) is 4.74 Å². The number of carbonyl (C=O) groups is 1. The van der Waals surface area contributed by atoms with Crippen molar-refractivity contribution in [3.05, 3.63) is 35.1 Å². The van der Waals surface area contributed by atoms with Gasteiger partial charge in [0.25, 0.3) is 0 Å². The van der Waals surface area contributed by atoms with Gasteiger partial charge >= 0.3 is 5.97 Å². The van der Waals surface area contributed by atoms with Crippen molar-refractivity contribution in [3.63, 3.8) is 0 Å². The SMILES string of the molecule is COC(=O)c1nc(Cl)cc2c(OC)cccc12. The Labute approximate surface area is 103 Å². The van der Waals surface area contributed by atoms with Crippen molar-refractivity contribution in [1.29, 1.82) is 0 Å². The van der Waals surface area contributed by atoms with Gasteiger partial charge in [-0.3, -0.25) is 0 Å². The second-order valence-electron chi connectivity index (χ2n) is 3.34. The molecule has 1 aromatic heterocycles. The first-order valence-corrected chi connectivity index (χ1v) is 5.26. The Morgan fingerprint density at radius 1 is 1.29 bits per heavy atom. The molecule has 0 radical (unpaired) electrons. The van der Waals surface area contributed by atoms with Crippen LogP contribution in [0.1, 0.15) is 10.5 Å². The molecule has 4 nitrogen and oxygen atoms in total. The smallest absolute Gasteiger partial charge is 0.357 e. The fourth-order valence-electron chi connectivity index (χ4n) is 1.65. The number of pyridine rings is 1. The van der Waals surface area contributed by atoms with E-state index in [0.29, 0.717) is 11.1 Å². The highest BCUT2D eigenvalue weighted by Crippen LogP contribution is 2.29. The molecule has 17 heavy (non-hydrogen) atoms. The molecule has 0 atom stereocenters. The molecular weight excluding hydrogens is 242 g/mol. The number of carbonyl (C=O) groups excluding carboxylic acids is 1. The normalized spacial score (nSPS) is 10.3. The maximum absolute atomic E-state index is 11.6. The summed E-state index contributed by atoms with van der Waals surface area (Å²) in [6, 6.07) is 7.00. The Balaban J connectivity index is 2.81. The first-order chi connectivity index (χ1) is 8.17. The first-order valence-electron chi connectivity index (χ1n) is 4.89. The van der Waals surface area contributed by atoms with E-state index in [2.05, 4.69) is 9.72 Å². The molecule has 0 amide bonds. The number of fused-ring (bicyclic) bond motifs is 1. The zero-order chi connectivity index (χ0) is 12.4. The van der Waals surface area contributed by atoms with Crippen LogP contribution in [0.25, 0.3) is 10.8 Å². The highest BCUT2D eigenvalue weighted by atomic mass is 35.5. The van der Waals surface area contributed by atoms with Crippen LogP contribution in [0, 0.1) is 0 Å². The van der Waals surface area contributed by atoms with Crippen LogP contribution in [0.15, 0.2) is 24.3 Å². The molecule has 0 saturated heterocycles. The molecule has 0 aliphatic heterocycles. The minimum absolute atomic E-state index is 0.189. The van der Waals surface area contributed by atoms with Crippen LogP contribution in [0.2, 0.25) is 5.15 Å². The van der Waals surface area contributed by atoms with Gasteiger partial charge in [-0.05, 0) is 12.1 Å². The Bertz CT molecular complexity index is 583. The van der Waals surface area contributed by atoms with Crippen LogP contribution in [-0.4, -0.2) is 25.2 Å². The van der Waals surface area contributed by atoms with Gasteiger partial charge in [-0.15, -0.1) is 0 Å². The fourth-order valence-corrected chi connectivity index (χ4v) is 1.84. The monoisotopic (exact) mass is 251 g/mol. The molecule has 0 bridgehead atoms. The van der Waals surface area contributed by atoms with Crippen molar-refractivity contribution in [2.45, 2.75) is 0 Å². The molecule has 1 aromatic carbocycles. The molecule has 0 unspecified atom stereocenters. The topological polar surface area (TPSA) is 48.4 Å². The third-order valence-corrected chi connectivity index (χ3v) is 2.60. The second kappa shape index (κ2) is 4.59. The van der Waals surface area contributed by atoms with Gasteiger partial charge in [0.05, 0.1) is 14.2 Å². The van der Waals surface area contributed by atoms with Gasteiger partial charge in [0.15, 0.2) is 5.69 Å². The summed E-state index contributed by atoms with van der Waals surface area (Å²) in [4.78, 5) is 15.6. The zero-order valence-corrected chi connectivity index (χ0v) is 10.1. The van der Waals surface area contributed by atoms with Gasteiger partial charge in [-0.1, -0.05) is 23.7 Å². The molecule has 1 heterocycles. The molecular formula is C12H10ClNO3. The van der Waals surface area contributed by atoms with Crippen LogP contribution in [0.5, 0.6) is 5.75 Å². The molecule has 88 valence electrons. The van der Waals surface area contributed by atoms with Gasteiger partial charge in [-0.2, -0.15) is 0 Å². The summed E-state index contributed by atoms with van der Waals surface area (Å²) >= 11 is 5.88. The van der Waals surface area contributed by atoms with E-state index >= 15 is 0 Å². The molecule has 2 rings (SSSR count). The molecule has 0 spiro atoms. The minimum Gasteiger partial charge on any atom is -0.496 e. The first kappa shape index (κ1) is 11.7. The van der Waals surface area contributed by atoms with Gasteiger partial charge < -0.3 is 9.47 Å². The molecule has 0 saturated carbocycles. The van der Waals surface area contributed by atoms with E-state index in [9.17, 15) is 4.79 Å². The number of rotatable bonds is 2. The van der Waals surface area contributed by atoms with Gasteiger partial charge in [-0.25, -0.2) is 9.78 Å². The van der Waals surface area contributed by atoms with Crippen LogP contribution in [0.3, 0.4) is 0 Å². The highest BCUT2D eigenvalue weighted by molar-refractivity contribution is 6.30. The summed E-state index contributed by atoms with van der Waals surface area (Å²) in [6.45, 7) is 0. The molecule has 0 N–H and O–H groups in total. The average molecular weight is 252 g/mol. The van der Waals surface area contributed by atoms with E-state index in [0.717, 1.165) is 5.39 Å². The zero-order valence-electron chi connectivity index (χ0n) is 9.36. The minimum atomic E-state index is -0.522. The van der Waals surface area contributed by atoms with E-state index in [1.807, 2.05) is 0 Å². The lowest BCUT2D eigenvalue weighted by molar-refractivity contribution is 0.0596. The lowest BCUT2D eigenvalue weighted by atomic mass is 10.1. The number of benzene rings is 1. The van der Waals surface area contributed by atoms with E-state index in [1.165, 1.54) is 7.11 Å². The van der Waals surface area contributed by atoms with E-state index < -0.39 is 5.97 Å². The Morgan fingerprint density at radius 3 is 2.71 bits per heavy atom. The fraction of sp³-hybridized carbons (Fsp3) is 0.167. The Kier molecular flexibility index (Phi) is 3.15. The number of methoxy groups -OCH3 is 2. The van der Waals surface area contributed by atoms with Crippen LogP contribution >= 0.6 is 11.6 Å². The standard InChI is InChI=1S/C12H10ClNO3/c1-16-9-5-3-4-7-8(9)6-10(13)14-11(7)12(15)17-2/h3-6H,1-2H3. The van der Waals surface area contributed by atoms with Crippen molar-refractivity contribution in [2.24, 2.45) is 0 Å². The predicted octanol–water partition coefficient (Wildman–Crippen LogP) is 2.68. The number of hydrogen-bond acceptors (Lipinski definition) is 4. The maximum atomic E-state index is 11.6. The van der Waals surface area contributed by atoms with E-state index in [1.54, 1.807) is 31.4 Å². The number of halogens is 1. The molecule has 5 heteroatoms. The lowest BCUT2D eigenvalue weighted by Crippen LogP contribution is -2.05. The third-order valence-electron chi connectivity index (χ3n) is 2.40. The number of hydrogen-bond donors (Lipinski definition) is 0. The van der Waals surface area contributed by atoms with Crippen molar-refractivity contribution in [3.8, 4) is 5.75 Å². The van der Waals surface area contributed by atoms with Gasteiger partial charge in [0, 0.05) is 10.8 Å². The molecule has 2 aromatic rings. The second-order valence-corrected chi connectivity index (χ2v) is 3.73.